The molecule has 122 valence electrons. The van der Waals surface area contributed by atoms with Crippen molar-refractivity contribution in [2.45, 2.75) is 12.6 Å². The van der Waals surface area contributed by atoms with Crippen molar-refractivity contribution < 1.29 is 18.0 Å². The average molecular weight is 455 g/mol. The number of nitrogens with zero attached hydrogens (tertiary/aromatic N) is 1. The number of aromatic nitrogens is 1. The van der Waals surface area contributed by atoms with Gasteiger partial charge in [0.2, 0.25) is 0 Å². The van der Waals surface area contributed by atoms with Crippen LogP contribution in [0, 0.1) is 3.57 Å². The fraction of sp³-hybridized carbons (Fsp3) is 0.200. The number of carbonyl (C=O) groups excluding carboxylic acids is 1. The molecule has 0 saturated heterocycles. The van der Waals surface area contributed by atoms with Crippen molar-refractivity contribution in [2.24, 2.45) is 0 Å². The van der Waals surface area contributed by atoms with Gasteiger partial charge in [0.25, 0.3) is 5.91 Å². The Morgan fingerprint density at radius 1 is 1.30 bits per heavy atom. The minimum absolute atomic E-state index is 0.0663. The maximum absolute atomic E-state index is 12.5. The lowest BCUT2D eigenvalue weighted by Crippen LogP contribution is -2.26. The average Bonchev–Trinajstić information content (AvgIpc) is 2.48. The van der Waals surface area contributed by atoms with E-state index in [1.54, 1.807) is 12.1 Å². The Hall–Kier alpha value is -1.35. The first-order chi connectivity index (χ1) is 10.8. The molecule has 1 aromatic heterocycles. The molecule has 1 heterocycles. The Balaban J connectivity index is 1.97. The van der Waals surface area contributed by atoms with Crippen molar-refractivity contribution in [1.82, 2.24) is 10.3 Å². The van der Waals surface area contributed by atoms with Gasteiger partial charge in [0.05, 0.1) is 21.8 Å². The molecule has 0 spiro atoms. The quantitative estimate of drug-likeness (QED) is 0.699. The van der Waals surface area contributed by atoms with E-state index in [9.17, 15) is 18.0 Å². The Kier molecular flexibility index (Phi) is 5.85. The summed E-state index contributed by atoms with van der Waals surface area (Å²) in [6, 6.07) is 7.92. The molecule has 0 aliphatic heterocycles. The largest absolute Gasteiger partial charge is 0.417 e. The van der Waals surface area contributed by atoms with Crippen LogP contribution in [0.25, 0.3) is 0 Å². The third kappa shape index (κ3) is 4.81. The van der Waals surface area contributed by atoms with Crippen LogP contribution in [0.1, 0.15) is 21.6 Å². The van der Waals surface area contributed by atoms with Gasteiger partial charge in [0, 0.05) is 22.7 Å². The van der Waals surface area contributed by atoms with E-state index in [4.69, 9.17) is 11.6 Å². The summed E-state index contributed by atoms with van der Waals surface area (Å²) in [6.45, 7) is 0.224. The third-order valence-electron chi connectivity index (χ3n) is 3.01. The highest BCUT2D eigenvalue weighted by atomic mass is 127. The number of nitrogens with one attached hydrogen (secondary N) is 1. The second-order valence-electron chi connectivity index (χ2n) is 4.64. The molecule has 0 saturated carbocycles. The lowest BCUT2D eigenvalue weighted by atomic mass is 10.2. The van der Waals surface area contributed by atoms with Crippen molar-refractivity contribution in [3.63, 3.8) is 0 Å². The number of amides is 1. The van der Waals surface area contributed by atoms with Gasteiger partial charge in [-0.05, 0) is 40.8 Å². The van der Waals surface area contributed by atoms with Gasteiger partial charge in [-0.25, -0.2) is 0 Å². The molecular formula is C15H11ClF3IN2O. The summed E-state index contributed by atoms with van der Waals surface area (Å²) in [5.41, 5.74) is -0.0450. The molecule has 0 radical (unpaired) electrons. The molecule has 0 aliphatic carbocycles. The zero-order valence-electron chi connectivity index (χ0n) is 11.6. The van der Waals surface area contributed by atoms with Crippen LogP contribution < -0.4 is 5.32 Å². The van der Waals surface area contributed by atoms with E-state index in [-0.39, 0.29) is 23.9 Å². The van der Waals surface area contributed by atoms with E-state index in [2.05, 4.69) is 32.9 Å². The minimum atomic E-state index is -4.48. The van der Waals surface area contributed by atoms with Gasteiger partial charge in [-0.1, -0.05) is 23.7 Å². The van der Waals surface area contributed by atoms with Crippen LogP contribution >= 0.6 is 34.2 Å². The summed E-state index contributed by atoms with van der Waals surface area (Å²) >= 11 is 7.87. The van der Waals surface area contributed by atoms with Crippen LogP contribution in [0.3, 0.4) is 0 Å². The van der Waals surface area contributed by atoms with Crippen LogP contribution in [0.15, 0.2) is 36.5 Å². The Morgan fingerprint density at radius 2 is 2.00 bits per heavy atom. The summed E-state index contributed by atoms with van der Waals surface area (Å²) in [4.78, 5) is 15.7. The molecule has 3 nitrogen and oxygen atoms in total. The van der Waals surface area contributed by atoms with Gasteiger partial charge in [0.1, 0.15) is 0 Å². The van der Waals surface area contributed by atoms with Crippen molar-refractivity contribution in [3.05, 3.63) is 61.9 Å². The SMILES string of the molecule is O=C(NCCc1ncc(C(F)(F)F)cc1Cl)c1ccccc1I. The van der Waals surface area contributed by atoms with Crippen molar-refractivity contribution in [1.29, 1.82) is 0 Å². The fourth-order valence-electron chi connectivity index (χ4n) is 1.84. The molecule has 0 atom stereocenters. The normalized spacial score (nSPS) is 11.3. The summed E-state index contributed by atoms with van der Waals surface area (Å²) in [5.74, 6) is -0.252. The molecule has 8 heteroatoms. The molecule has 2 aromatic rings. The first kappa shape index (κ1) is 18.0. The second kappa shape index (κ2) is 7.48. The van der Waals surface area contributed by atoms with E-state index in [1.807, 2.05) is 12.1 Å². The molecule has 0 unspecified atom stereocenters. The first-order valence-electron chi connectivity index (χ1n) is 6.53. The Labute approximate surface area is 149 Å². The van der Waals surface area contributed by atoms with E-state index in [1.165, 1.54) is 0 Å². The number of alkyl halides is 3. The number of halogens is 5. The van der Waals surface area contributed by atoms with Gasteiger partial charge in [-0.15, -0.1) is 0 Å². The molecule has 1 N–H and O–H groups in total. The van der Waals surface area contributed by atoms with E-state index in [0.29, 0.717) is 11.3 Å². The van der Waals surface area contributed by atoms with Gasteiger partial charge in [-0.2, -0.15) is 13.2 Å². The molecular weight excluding hydrogens is 444 g/mol. The van der Waals surface area contributed by atoms with Gasteiger partial charge < -0.3 is 5.32 Å². The molecule has 1 aromatic carbocycles. The van der Waals surface area contributed by atoms with Crippen LogP contribution in [-0.4, -0.2) is 17.4 Å². The predicted molar refractivity (Wildman–Crippen MR) is 89.4 cm³/mol. The lowest BCUT2D eigenvalue weighted by Gasteiger charge is -2.10. The number of carbonyl (C=O) groups is 1. The molecule has 0 fully saturated rings. The standard InChI is InChI=1S/C15H11ClF3IN2O/c16-11-7-9(15(17,18)19)8-22-13(11)5-6-21-14(23)10-3-1-2-4-12(10)20/h1-4,7-8H,5-6H2,(H,21,23). The lowest BCUT2D eigenvalue weighted by molar-refractivity contribution is -0.137. The maximum atomic E-state index is 12.5. The van der Waals surface area contributed by atoms with Crippen LogP contribution in [0.2, 0.25) is 5.02 Å². The molecule has 2 rings (SSSR count). The number of rotatable bonds is 4. The number of benzene rings is 1. The highest BCUT2D eigenvalue weighted by Crippen LogP contribution is 2.31. The van der Waals surface area contributed by atoms with E-state index < -0.39 is 11.7 Å². The number of hydrogen-bond donors (Lipinski definition) is 1. The molecule has 1 amide bonds. The molecule has 0 aliphatic rings. The Morgan fingerprint density at radius 3 is 2.61 bits per heavy atom. The van der Waals surface area contributed by atoms with Crippen LogP contribution in [0.5, 0.6) is 0 Å². The first-order valence-corrected chi connectivity index (χ1v) is 7.99. The summed E-state index contributed by atoms with van der Waals surface area (Å²) in [5, 5.41) is 2.63. The third-order valence-corrected chi connectivity index (χ3v) is 4.28. The van der Waals surface area contributed by atoms with E-state index in [0.717, 1.165) is 15.8 Å². The minimum Gasteiger partial charge on any atom is -0.352 e. The number of hydrogen-bond acceptors (Lipinski definition) is 2. The topological polar surface area (TPSA) is 42.0 Å². The van der Waals surface area contributed by atoms with Crippen molar-refractivity contribution >= 4 is 40.1 Å². The van der Waals surface area contributed by atoms with Gasteiger partial charge in [0.15, 0.2) is 0 Å². The van der Waals surface area contributed by atoms with Gasteiger partial charge >= 0.3 is 6.18 Å². The highest BCUT2D eigenvalue weighted by Gasteiger charge is 2.31. The summed E-state index contributed by atoms with van der Waals surface area (Å²) < 4.78 is 38.4. The highest BCUT2D eigenvalue weighted by molar-refractivity contribution is 14.1. The summed E-state index contributed by atoms with van der Waals surface area (Å²) in [6.07, 6.45) is -3.50. The van der Waals surface area contributed by atoms with Crippen LogP contribution in [-0.2, 0) is 12.6 Å². The van der Waals surface area contributed by atoms with Crippen molar-refractivity contribution in [2.75, 3.05) is 6.54 Å². The smallest absolute Gasteiger partial charge is 0.352 e. The monoisotopic (exact) mass is 454 g/mol. The second-order valence-corrected chi connectivity index (χ2v) is 6.21. The summed E-state index contributed by atoms with van der Waals surface area (Å²) in [7, 11) is 0. The number of pyridine rings is 1. The fourth-order valence-corrected chi connectivity index (χ4v) is 2.73. The Bertz CT molecular complexity index is 722. The molecule has 23 heavy (non-hydrogen) atoms. The zero-order chi connectivity index (χ0) is 17.0. The predicted octanol–water partition coefficient (Wildman–Crippen LogP) is 4.33. The maximum Gasteiger partial charge on any atom is 0.417 e. The van der Waals surface area contributed by atoms with Crippen molar-refractivity contribution in [3.8, 4) is 0 Å². The zero-order valence-corrected chi connectivity index (χ0v) is 14.5. The molecule has 0 bridgehead atoms. The van der Waals surface area contributed by atoms with Crippen LogP contribution in [0.4, 0.5) is 13.2 Å². The van der Waals surface area contributed by atoms with Gasteiger partial charge in [-0.3, -0.25) is 9.78 Å². The van der Waals surface area contributed by atoms with E-state index >= 15 is 0 Å².